The van der Waals surface area contributed by atoms with Crippen LogP contribution in [-0.4, -0.2) is 40.7 Å². The summed E-state index contributed by atoms with van der Waals surface area (Å²) < 4.78 is 0. The molecule has 1 heterocycles. The lowest BCUT2D eigenvalue weighted by atomic mass is 9.98. The highest BCUT2D eigenvalue weighted by Gasteiger charge is 2.23. The molecule has 1 atom stereocenters. The van der Waals surface area contributed by atoms with Crippen LogP contribution in [0.5, 0.6) is 5.75 Å². The molecule has 2 rings (SSSR count). The lowest BCUT2D eigenvalue weighted by Crippen LogP contribution is -2.22. The maximum atomic E-state index is 10.4. The molecular weight excluding hydrogens is 230 g/mol. The van der Waals surface area contributed by atoms with Gasteiger partial charge in [-0.1, -0.05) is 12.1 Å². The summed E-state index contributed by atoms with van der Waals surface area (Å²) >= 11 is 0. The van der Waals surface area contributed by atoms with Gasteiger partial charge in [0.2, 0.25) is 0 Å². The van der Waals surface area contributed by atoms with Gasteiger partial charge in [-0.2, -0.15) is 0 Å². The van der Waals surface area contributed by atoms with Crippen molar-refractivity contribution in [1.82, 2.24) is 4.90 Å². The van der Waals surface area contributed by atoms with Crippen molar-refractivity contribution >= 4 is 5.97 Å². The summed E-state index contributed by atoms with van der Waals surface area (Å²) in [6.07, 6.45) is 2.08. The second-order valence-corrected chi connectivity index (χ2v) is 4.88. The Morgan fingerprint density at radius 3 is 2.72 bits per heavy atom. The molecule has 2 N–H and O–H groups in total. The van der Waals surface area contributed by atoms with Crippen LogP contribution in [0.4, 0.5) is 0 Å². The molecule has 98 valence electrons. The highest BCUT2D eigenvalue weighted by atomic mass is 16.4. The standard InChI is InChI=1S/C14H19NO3/c16-13-5-3-11(4-6-13)12-7-9-15(10-12)8-1-2-14(17)18/h3-6,12,16H,1-2,7-10H2,(H,17,18). The first kappa shape index (κ1) is 12.9. The minimum absolute atomic E-state index is 0.250. The number of rotatable bonds is 5. The Bertz CT molecular complexity index is 402. The first-order valence-corrected chi connectivity index (χ1v) is 6.38. The van der Waals surface area contributed by atoms with Crippen LogP contribution in [0.1, 0.15) is 30.7 Å². The monoisotopic (exact) mass is 249 g/mol. The van der Waals surface area contributed by atoms with Crippen molar-refractivity contribution in [2.45, 2.75) is 25.2 Å². The number of aliphatic carboxylic acids is 1. The van der Waals surface area contributed by atoms with Crippen LogP contribution in [0.2, 0.25) is 0 Å². The molecule has 4 heteroatoms. The molecule has 0 aliphatic carbocycles. The maximum absolute atomic E-state index is 10.4. The SMILES string of the molecule is O=C(O)CCCN1CCC(c2ccc(O)cc2)C1. The van der Waals surface area contributed by atoms with E-state index in [0.717, 1.165) is 32.5 Å². The fraction of sp³-hybridized carbons (Fsp3) is 0.500. The van der Waals surface area contributed by atoms with Crippen molar-refractivity contribution in [1.29, 1.82) is 0 Å². The van der Waals surface area contributed by atoms with Crippen LogP contribution in [-0.2, 0) is 4.79 Å². The quantitative estimate of drug-likeness (QED) is 0.838. The molecule has 1 aromatic carbocycles. The highest BCUT2D eigenvalue weighted by molar-refractivity contribution is 5.66. The summed E-state index contributed by atoms with van der Waals surface area (Å²) in [6.45, 7) is 2.89. The number of likely N-dealkylation sites (tertiary alicyclic amines) is 1. The number of hydrogen-bond acceptors (Lipinski definition) is 3. The van der Waals surface area contributed by atoms with Gasteiger partial charge in [-0.15, -0.1) is 0 Å². The smallest absolute Gasteiger partial charge is 0.303 e. The molecule has 18 heavy (non-hydrogen) atoms. The summed E-state index contributed by atoms with van der Waals surface area (Å²) in [6, 6.07) is 7.40. The van der Waals surface area contributed by atoms with E-state index in [-0.39, 0.29) is 6.42 Å². The lowest BCUT2D eigenvalue weighted by molar-refractivity contribution is -0.137. The minimum atomic E-state index is -0.718. The van der Waals surface area contributed by atoms with Crippen LogP contribution in [0, 0.1) is 0 Å². The van der Waals surface area contributed by atoms with Crippen LogP contribution in [0.25, 0.3) is 0 Å². The molecular formula is C14H19NO3. The first-order chi connectivity index (χ1) is 8.65. The third kappa shape index (κ3) is 3.47. The molecule has 0 radical (unpaired) electrons. The zero-order chi connectivity index (χ0) is 13.0. The lowest BCUT2D eigenvalue weighted by Gasteiger charge is -2.15. The summed E-state index contributed by atoms with van der Waals surface area (Å²) in [5.74, 6) is 0.0924. The number of carbonyl (C=O) groups is 1. The fourth-order valence-electron chi connectivity index (χ4n) is 2.51. The molecule has 0 spiro atoms. The predicted molar refractivity (Wildman–Crippen MR) is 68.8 cm³/mol. The highest BCUT2D eigenvalue weighted by Crippen LogP contribution is 2.28. The van der Waals surface area contributed by atoms with E-state index in [1.807, 2.05) is 12.1 Å². The van der Waals surface area contributed by atoms with Crippen molar-refractivity contribution in [2.75, 3.05) is 19.6 Å². The topological polar surface area (TPSA) is 60.8 Å². The van der Waals surface area contributed by atoms with E-state index < -0.39 is 5.97 Å². The van der Waals surface area contributed by atoms with E-state index in [2.05, 4.69) is 4.90 Å². The Hall–Kier alpha value is -1.55. The van der Waals surface area contributed by atoms with Crippen molar-refractivity contribution in [3.63, 3.8) is 0 Å². The maximum Gasteiger partial charge on any atom is 0.303 e. The second kappa shape index (κ2) is 5.87. The van der Waals surface area contributed by atoms with E-state index >= 15 is 0 Å². The van der Waals surface area contributed by atoms with E-state index in [1.165, 1.54) is 5.56 Å². The Morgan fingerprint density at radius 1 is 1.33 bits per heavy atom. The number of carboxylic acid groups (broad SMARTS) is 1. The van der Waals surface area contributed by atoms with E-state index in [9.17, 15) is 9.90 Å². The summed E-state index contributed by atoms with van der Waals surface area (Å²) in [5.41, 5.74) is 1.26. The minimum Gasteiger partial charge on any atom is -0.508 e. The summed E-state index contributed by atoms with van der Waals surface area (Å²) in [7, 11) is 0. The van der Waals surface area contributed by atoms with Gasteiger partial charge < -0.3 is 15.1 Å². The van der Waals surface area contributed by atoms with Crippen LogP contribution in [0.3, 0.4) is 0 Å². The van der Waals surface area contributed by atoms with Gasteiger partial charge in [-0.3, -0.25) is 4.79 Å². The Morgan fingerprint density at radius 2 is 2.06 bits per heavy atom. The third-order valence-corrected chi connectivity index (χ3v) is 3.50. The number of benzene rings is 1. The predicted octanol–water partition coefficient (Wildman–Crippen LogP) is 2.05. The van der Waals surface area contributed by atoms with Gasteiger partial charge in [0.1, 0.15) is 5.75 Å². The average Bonchev–Trinajstić information content (AvgIpc) is 2.78. The van der Waals surface area contributed by atoms with Gasteiger partial charge in [0.25, 0.3) is 0 Å². The summed E-state index contributed by atoms with van der Waals surface area (Å²) in [5, 5.41) is 17.9. The molecule has 1 unspecified atom stereocenters. The molecule has 0 bridgehead atoms. The summed E-state index contributed by atoms with van der Waals surface area (Å²) in [4.78, 5) is 12.8. The molecule has 1 saturated heterocycles. The zero-order valence-corrected chi connectivity index (χ0v) is 10.4. The Kier molecular flexibility index (Phi) is 4.20. The number of phenolic OH excluding ortho intramolecular Hbond substituents is 1. The van der Waals surface area contributed by atoms with Crippen molar-refractivity contribution in [2.24, 2.45) is 0 Å². The van der Waals surface area contributed by atoms with E-state index in [0.29, 0.717) is 11.7 Å². The average molecular weight is 249 g/mol. The largest absolute Gasteiger partial charge is 0.508 e. The van der Waals surface area contributed by atoms with Gasteiger partial charge in [0, 0.05) is 13.0 Å². The van der Waals surface area contributed by atoms with Gasteiger partial charge in [0.15, 0.2) is 0 Å². The van der Waals surface area contributed by atoms with Crippen molar-refractivity contribution in [3.05, 3.63) is 29.8 Å². The Labute approximate surface area is 107 Å². The van der Waals surface area contributed by atoms with Gasteiger partial charge in [-0.05, 0) is 49.5 Å². The molecule has 4 nitrogen and oxygen atoms in total. The molecule has 1 aliphatic rings. The van der Waals surface area contributed by atoms with E-state index in [4.69, 9.17) is 5.11 Å². The van der Waals surface area contributed by atoms with Crippen molar-refractivity contribution in [3.8, 4) is 5.75 Å². The van der Waals surface area contributed by atoms with Gasteiger partial charge in [-0.25, -0.2) is 0 Å². The molecule has 1 aromatic rings. The van der Waals surface area contributed by atoms with E-state index in [1.54, 1.807) is 12.1 Å². The number of aromatic hydroxyl groups is 1. The molecule has 0 aromatic heterocycles. The van der Waals surface area contributed by atoms with Crippen LogP contribution < -0.4 is 0 Å². The fourth-order valence-corrected chi connectivity index (χ4v) is 2.51. The molecule has 0 saturated carbocycles. The van der Waals surface area contributed by atoms with Gasteiger partial charge in [0.05, 0.1) is 0 Å². The molecule has 0 amide bonds. The number of hydrogen-bond donors (Lipinski definition) is 2. The van der Waals surface area contributed by atoms with Gasteiger partial charge >= 0.3 is 5.97 Å². The first-order valence-electron chi connectivity index (χ1n) is 6.38. The molecule has 1 aliphatic heterocycles. The molecule has 1 fully saturated rings. The Balaban J connectivity index is 1.81. The number of phenols is 1. The van der Waals surface area contributed by atoms with Crippen LogP contribution >= 0.6 is 0 Å². The van der Waals surface area contributed by atoms with Crippen molar-refractivity contribution < 1.29 is 15.0 Å². The second-order valence-electron chi connectivity index (χ2n) is 4.88. The third-order valence-electron chi connectivity index (χ3n) is 3.50. The number of carboxylic acids is 1. The normalized spacial score (nSPS) is 20.1. The zero-order valence-electron chi connectivity index (χ0n) is 10.4. The van der Waals surface area contributed by atoms with Crippen LogP contribution in [0.15, 0.2) is 24.3 Å². The number of nitrogens with zero attached hydrogens (tertiary/aromatic N) is 1.